The van der Waals surface area contributed by atoms with Crippen LogP contribution in [0, 0.1) is 10.7 Å². The highest BCUT2D eigenvalue weighted by molar-refractivity contribution is 7.88. The SMILES string of the molecule is CNC=C1/C(=C/c2ccnc(C(F)F)c2)CCC(C2CCCCC2)NS1=N. The topological polar surface area (TPSA) is 60.8 Å². The van der Waals surface area contributed by atoms with Crippen LogP contribution >= 0.6 is 0 Å². The first-order chi connectivity index (χ1) is 13.1. The summed E-state index contributed by atoms with van der Waals surface area (Å²) in [5, 5.41) is 3.05. The number of nitrogens with one attached hydrogen (secondary N) is 3. The largest absolute Gasteiger partial charge is 0.393 e. The minimum Gasteiger partial charge on any atom is -0.393 e. The van der Waals surface area contributed by atoms with E-state index >= 15 is 0 Å². The fourth-order valence-electron chi connectivity index (χ4n) is 4.01. The number of hydrogen-bond acceptors (Lipinski definition) is 3. The van der Waals surface area contributed by atoms with E-state index in [1.807, 2.05) is 19.3 Å². The van der Waals surface area contributed by atoms with Crippen molar-refractivity contribution in [3.8, 4) is 0 Å². The summed E-state index contributed by atoms with van der Waals surface area (Å²) in [7, 11) is 0.998. The molecule has 0 spiro atoms. The quantitative estimate of drug-likeness (QED) is 0.666. The molecule has 3 N–H and O–H groups in total. The number of pyridine rings is 1. The van der Waals surface area contributed by atoms with Gasteiger partial charge >= 0.3 is 0 Å². The molecule has 1 aliphatic heterocycles. The van der Waals surface area contributed by atoms with Gasteiger partial charge in [-0.2, -0.15) is 0 Å². The van der Waals surface area contributed by atoms with Crippen molar-refractivity contribution in [2.75, 3.05) is 7.05 Å². The molecule has 0 amide bonds. The van der Waals surface area contributed by atoms with Crippen LogP contribution in [0.5, 0.6) is 0 Å². The van der Waals surface area contributed by atoms with Gasteiger partial charge in [-0.15, -0.1) is 0 Å². The van der Waals surface area contributed by atoms with Gasteiger partial charge < -0.3 is 5.32 Å². The van der Waals surface area contributed by atoms with E-state index in [0.29, 0.717) is 17.5 Å². The van der Waals surface area contributed by atoms with Crippen molar-refractivity contribution in [2.24, 2.45) is 5.92 Å². The maximum absolute atomic E-state index is 13.0. The molecule has 148 valence electrons. The molecule has 3 rings (SSSR count). The first kappa shape index (κ1) is 20.1. The highest BCUT2D eigenvalue weighted by atomic mass is 32.2. The standard InChI is InChI=1S/C20H28F2N4S/c1-24-13-19-16(11-14-9-10-25-18(12-14)20(21)22)7-8-17(26-27(19)23)15-5-3-2-4-6-15/h9-13,15,17,20,24H,2-8H2,1H3,(H2,23,26)/b16-11+,19-13?. The molecule has 1 aliphatic carbocycles. The van der Waals surface area contributed by atoms with E-state index in [1.165, 1.54) is 44.4 Å². The Morgan fingerprint density at radius 3 is 2.78 bits per heavy atom. The van der Waals surface area contributed by atoms with Gasteiger partial charge in [0.2, 0.25) is 0 Å². The Morgan fingerprint density at radius 1 is 1.30 bits per heavy atom. The van der Waals surface area contributed by atoms with Crippen LogP contribution in [0.3, 0.4) is 0 Å². The Labute approximate surface area is 162 Å². The van der Waals surface area contributed by atoms with Gasteiger partial charge in [-0.1, -0.05) is 25.3 Å². The summed E-state index contributed by atoms with van der Waals surface area (Å²) in [5.74, 6) is 0.639. The zero-order valence-electron chi connectivity index (χ0n) is 15.7. The normalized spacial score (nSPS) is 27.9. The van der Waals surface area contributed by atoms with E-state index < -0.39 is 17.3 Å². The molecule has 27 heavy (non-hydrogen) atoms. The van der Waals surface area contributed by atoms with Crippen LogP contribution in [0.2, 0.25) is 0 Å². The Kier molecular flexibility index (Phi) is 7.13. The molecule has 4 nitrogen and oxygen atoms in total. The molecule has 1 aromatic heterocycles. The fourth-order valence-corrected chi connectivity index (χ4v) is 5.41. The molecule has 2 heterocycles. The lowest BCUT2D eigenvalue weighted by Crippen LogP contribution is -2.37. The third kappa shape index (κ3) is 5.23. The molecule has 1 saturated heterocycles. The van der Waals surface area contributed by atoms with Gasteiger partial charge in [0, 0.05) is 25.5 Å². The average molecular weight is 395 g/mol. The number of aromatic nitrogens is 1. The number of hydrogen-bond donors (Lipinski definition) is 3. The summed E-state index contributed by atoms with van der Waals surface area (Å²) in [5.41, 5.74) is 1.55. The molecule has 1 aromatic rings. The third-order valence-corrected chi connectivity index (χ3v) is 6.75. The Balaban J connectivity index is 1.87. The van der Waals surface area contributed by atoms with Crippen LogP contribution in [0.15, 0.2) is 35.0 Å². The minimum absolute atomic E-state index is 0.208. The first-order valence-electron chi connectivity index (χ1n) is 9.62. The summed E-state index contributed by atoms with van der Waals surface area (Å²) >= 11 is 0. The molecule has 2 atom stereocenters. The van der Waals surface area contributed by atoms with Crippen molar-refractivity contribution in [1.82, 2.24) is 15.0 Å². The number of allylic oxidation sites excluding steroid dienone is 1. The summed E-state index contributed by atoms with van der Waals surface area (Å²) < 4.78 is 38.1. The van der Waals surface area contributed by atoms with Gasteiger partial charge in [-0.05, 0) is 65.7 Å². The lowest BCUT2D eigenvalue weighted by atomic mass is 9.82. The molecule has 0 bridgehead atoms. The van der Waals surface area contributed by atoms with Crippen molar-refractivity contribution >= 4 is 17.0 Å². The van der Waals surface area contributed by atoms with Crippen LogP contribution in [-0.4, -0.2) is 18.1 Å². The zero-order valence-corrected chi connectivity index (χ0v) is 16.5. The fraction of sp³-hybridized carbons (Fsp3) is 0.550. The number of rotatable bonds is 4. The van der Waals surface area contributed by atoms with E-state index in [1.54, 1.807) is 6.07 Å². The van der Waals surface area contributed by atoms with Gasteiger partial charge in [-0.25, -0.2) is 13.5 Å². The lowest BCUT2D eigenvalue weighted by molar-refractivity contribution is 0.146. The van der Waals surface area contributed by atoms with Gasteiger partial charge in [0.1, 0.15) is 5.69 Å². The predicted octanol–water partition coefficient (Wildman–Crippen LogP) is 5.09. The molecule has 0 radical (unpaired) electrons. The molecule has 1 saturated carbocycles. The zero-order chi connectivity index (χ0) is 19.2. The second-order valence-corrected chi connectivity index (χ2v) is 8.54. The van der Waals surface area contributed by atoms with Crippen molar-refractivity contribution in [3.63, 3.8) is 0 Å². The predicted molar refractivity (Wildman–Crippen MR) is 107 cm³/mol. The number of alkyl halides is 2. The van der Waals surface area contributed by atoms with Gasteiger partial charge in [-0.3, -0.25) is 9.76 Å². The Hall–Kier alpha value is -1.60. The molecule has 0 aromatic carbocycles. The highest BCUT2D eigenvalue weighted by Gasteiger charge is 2.28. The maximum atomic E-state index is 13.0. The van der Waals surface area contributed by atoms with Crippen LogP contribution in [0.25, 0.3) is 6.08 Å². The first-order valence-corrected chi connectivity index (χ1v) is 10.8. The van der Waals surface area contributed by atoms with E-state index in [-0.39, 0.29) is 5.69 Å². The second-order valence-electron chi connectivity index (χ2n) is 7.25. The van der Waals surface area contributed by atoms with E-state index in [2.05, 4.69) is 15.0 Å². The maximum Gasteiger partial charge on any atom is 0.280 e. The lowest BCUT2D eigenvalue weighted by Gasteiger charge is -2.30. The van der Waals surface area contributed by atoms with E-state index in [9.17, 15) is 8.78 Å². The monoisotopic (exact) mass is 394 g/mol. The van der Waals surface area contributed by atoms with Gasteiger partial charge in [0.15, 0.2) is 0 Å². The molecular formula is C20H28F2N4S. The van der Waals surface area contributed by atoms with E-state index in [4.69, 9.17) is 4.78 Å². The smallest absolute Gasteiger partial charge is 0.280 e. The molecule has 2 fully saturated rings. The van der Waals surface area contributed by atoms with Crippen LogP contribution in [-0.2, 0) is 10.9 Å². The number of halogens is 2. The van der Waals surface area contributed by atoms with Crippen LogP contribution < -0.4 is 10.0 Å². The summed E-state index contributed by atoms with van der Waals surface area (Å²) in [6, 6.07) is 3.54. The van der Waals surface area contributed by atoms with Crippen molar-refractivity contribution < 1.29 is 8.78 Å². The van der Waals surface area contributed by atoms with Gasteiger partial charge in [0.05, 0.1) is 4.91 Å². The molecule has 2 aliphatic rings. The Morgan fingerprint density at radius 2 is 2.07 bits per heavy atom. The Bertz CT molecular complexity index is 726. The van der Waals surface area contributed by atoms with Crippen molar-refractivity contribution in [3.05, 3.63) is 46.3 Å². The van der Waals surface area contributed by atoms with Crippen molar-refractivity contribution in [2.45, 2.75) is 57.4 Å². The third-order valence-electron chi connectivity index (χ3n) is 5.39. The average Bonchev–Trinajstić information content (AvgIpc) is 2.83. The van der Waals surface area contributed by atoms with Crippen LogP contribution in [0.1, 0.15) is 62.6 Å². The second kappa shape index (κ2) is 9.55. The molecule has 2 unspecified atom stereocenters. The number of nitrogens with zero attached hydrogens (tertiary/aromatic N) is 1. The molecule has 7 heteroatoms. The van der Waals surface area contributed by atoms with Gasteiger partial charge in [0.25, 0.3) is 6.43 Å². The summed E-state index contributed by atoms with van der Waals surface area (Å²) in [6.45, 7) is 0. The van der Waals surface area contributed by atoms with Crippen LogP contribution in [0.4, 0.5) is 8.78 Å². The summed E-state index contributed by atoms with van der Waals surface area (Å²) in [6.07, 6.45) is 10.8. The molecular weight excluding hydrogens is 366 g/mol. The van der Waals surface area contributed by atoms with E-state index in [0.717, 1.165) is 23.3 Å². The highest BCUT2D eigenvalue weighted by Crippen LogP contribution is 2.34. The summed E-state index contributed by atoms with van der Waals surface area (Å²) in [4.78, 5) is 4.65. The van der Waals surface area contributed by atoms with Crippen molar-refractivity contribution in [1.29, 1.82) is 4.78 Å². The minimum atomic E-state index is -2.58.